The maximum absolute atomic E-state index is 12.9. The second kappa shape index (κ2) is 8.19. The van der Waals surface area contributed by atoms with Gasteiger partial charge in [-0.2, -0.15) is 0 Å². The normalized spacial score (nSPS) is 22.2. The Hall–Kier alpha value is -3.39. The van der Waals surface area contributed by atoms with Gasteiger partial charge in [-0.05, 0) is 41.5 Å². The standard InChI is InChI=1S/C25H26N2O6/c1-27(25(11-12-25)23(29)30)22(28)21-20(10-13-32-21)26-24(31)33-14-19-17-8-4-2-6-15(17)16-7-3-5-9-18(16)19/h2-9,19-21H,10-14H2,1H3,(H,26,31)(H,29,30)/t20-,21+/m1/s1. The lowest BCUT2D eigenvalue weighted by Gasteiger charge is -2.29. The van der Waals surface area contributed by atoms with Crippen molar-refractivity contribution in [2.24, 2.45) is 0 Å². The lowest BCUT2D eigenvalue weighted by Crippen LogP contribution is -2.54. The molecule has 3 aliphatic rings. The number of carbonyl (C=O) groups is 3. The van der Waals surface area contributed by atoms with Gasteiger partial charge in [0.25, 0.3) is 5.91 Å². The van der Waals surface area contributed by atoms with Crippen LogP contribution in [-0.4, -0.2) is 65.9 Å². The van der Waals surface area contributed by atoms with Crippen molar-refractivity contribution in [1.82, 2.24) is 10.2 Å². The van der Waals surface area contributed by atoms with Crippen LogP contribution < -0.4 is 5.32 Å². The van der Waals surface area contributed by atoms with E-state index >= 15 is 0 Å². The molecule has 33 heavy (non-hydrogen) atoms. The first kappa shape index (κ1) is 21.5. The van der Waals surface area contributed by atoms with Crippen molar-refractivity contribution in [2.45, 2.75) is 42.9 Å². The number of carboxylic acids is 1. The molecule has 2 fully saturated rings. The molecule has 2 aromatic rings. The Morgan fingerprint density at radius 3 is 2.27 bits per heavy atom. The molecule has 0 aromatic heterocycles. The molecule has 2 aromatic carbocycles. The summed E-state index contributed by atoms with van der Waals surface area (Å²) in [5.41, 5.74) is 3.37. The van der Waals surface area contributed by atoms with E-state index < -0.39 is 35.7 Å². The molecule has 8 nitrogen and oxygen atoms in total. The summed E-state index contributed by atoms with van der Waals surface area (Å²) in [5.74, 6) is -1.51. The van der Waals surface area contributed by atoms with E-state index in [1.807, 2.05) is 36.4 Å². The van der Waals surface area contributed by atoms with E-state index in [1.165, 1.54) is 11.9 Å². The number of ether oxygens (including phenoxy) is 2. The number of carboxylic acid groups (broad SMARTS) is 1. The van der Waals surface area contributed by atoms with Crippen molar-refractivity contribution in [3.05, 3.63) is 59.7 Å². The quantitative estimate of drug-likeness (QED) is 0.701. The summed E-state index contributed by atoms with van der Waals surface area (Å²) in [4.78, 5) is 38.4. The zero-order chi connectivity index (χ0) is 23.2. The van der Waals surface area contributed by atoms with Gasteiger partial charge in [0.2, 0.25) is 0 Å². The molecule has 0 bridgehead atoms. The first-order chi connectivity index (χ1) is 15.9. The van der Waals surface area contributed by atoms with Gasteiger partial charge in [-0.15, -0.1) is 0 Å². The van der Waals surface area contributed by atoms with Crippen molar-refractivity contribution in [1.29, 1.82) is 0 Å². The monoisotopic (exact) mass is 450 g/mol. The van der Waals surface area contributed by atoms with Crippen LogP contribution in [0.5, 0.6) is 0 Å². The van der Waals surface area contributed by atoms with E-state index in [4.69, 9.17) is 9.47 Å². The first-order valence-corrected chi connectivity index (χ1v) is 11.2. The van der Waals surface area contributed by atoms with Gasteiger partial charge < -0.3 is 24.8 Å². The number of likely N-dealkylation sites (N-methyl/N-ethyl adjacent to an activating group) is 1. The molecule has 0 spiro atoms. The molecule has 5 rings (SSSR count). The summed E-state index contributed by atoms with van der Waals surface area (Å²) in [7, 11) is 1.48. The van der Waals surface area contributed by atoms with E-state index in [-0.39, 0.29) is 12.5 Å². The highest BCUT2D eigenvalue weighted by Gasteiger charge is 2.57. The Bertz CT molecular complexity index is 1070. The number of hydrogen-bond donors (Lipinski definition) is 2. The smallest absolute Gasteiger partial charge is 0.407 e. The third kappa shape index (κ3) is 3.64. The van der Waals surface area contributed by atoms with Crippen LogP contribution in [0, 0.1) is 0 Å². The molecule has 8 heteroatoms. The highest BCUT2D eigenvalue weighted by atomic mass is 16.6. The van der Waals surface area contributed by atoms with E-state index in [0.29, 0.717) is 25.9 Å². The van der Waals surface area contributed by atoms with E-state index in [1.54, 1.807) is 0 Å². The summed E-state index contributed by atoms with van der Waals surface area (Å²) in [6.07, 6.45) is -0.252. The van der Waals surface area contributed by atoms with Crippen LogP contribution in [0.3, 0.4) is 0 Å². The van der Waals surface area contributed by atoms with Crippen LogP contribution >= 0.6 is 0 Å². The van der Waals surface area contributed by atoms with Crippen molar-refractivity contribution in [3.8, 4) is 11.1 Å². The second-order valence-electron chi connectivity index (χ2n) is 8.89. The van der Waals surface area contributed by atoms with E-state index in [9.17, 15) is 19.5 Å². The first-order valence-electron chi connectivity index (χ1n) is 11.2. The zero-order valence-corrected chi connectivity index (χ0v) is 18.3. The summed E-state index contributed by atoms with van der Waals surface area (Å²) < 4.78 is 11.2. The van der Waals surface area contributed by atoms with Crippen molar-refractivity contribution in [2.75, 3.05) is 20.3 Å². The largest absolute Gasteiger partial charge is 0.479 e. The number of nitrogens with zero attached hydrogens (tertiary/aromatic N) is 1. The number of alkyl carbamates (subject to hydrolysis) is 1. The second-order valence-corrected chi connectivity index (χ2v) is 8.89. The fourth-order valence-electron chi connectivity index (χ4n) is 4.99. The van der Waals surface area contributed by atoms with Crippen molar-refractivity contribution >= 4 is 18.0 Å². The number of nitrogens with one attached hydrogen (secondary N) is 1. The third-order valence-electron chi connectivity index (χ3n) is 7.08. The number of rotatable bonds is 6. The van der Waals surface area contributed by atoms with Crippen LogP contribution in [0.4, 0.5) is 4.79 Å². The predicted octanol–water partition coefficient (Wildman–Crippen LogP) is 2.76. The highest BCUT2D eigenvalue weighted by molar-refractivity contribution is 5.92. The lowest BCUT2D eigenvalue weighted by atomic mass is 9.98. The lowest BCUT2D eigenvalue weighted by molar-refractivity contribution is -0.155. The summed E-state index contributed by atoms with van der Waals surface area (Å²) >= 11 is 0. The molecule has 0 unspecified atom stereocenters. The minimum Gasteiger partial charge on any atom is -0.479 e. The summed E-state index contributed by atoms with van der Waals surface area (Å²) in [5, 5.41) is 12.2. The van der Waals surface area contributed by atoms with Gasteiger partial charge in [0.05, 0.1) is 6.04 Å². The molecular weight excluding hydrogens is 424 g/mol. The van der Waals surface area contributed by atoms with Crippen LogP contribution in [-0.2, 0) is 19.1 Å². The average Bonchev–Trinajstić information content (AvgIpc) is 3.42. The number of amides is 2. The Kier molecular flexibility index (Phi) is 5.32. The molecule has 0 radical (unpaired) electrons. The van der Waals surface area contributed by atoms with Gasteiger partial charge in [0.15, 0.2) is 6.10 Å². The van der Waals surface area contributed by atoms with E-state index in [0.717, 1.165) is 22.3 Å². The molecule has 2 atom stereocenters. The Morgan fingerprint density at radius 1 is 1.09 bits per heavy atom. The Morgan fingerprint density at radius 2 is 1.70 bits per heavy atom. The molecule has 2 aliphatic carbocycles. The molecular formula is C25H26N2O6. The maximum Gasteiger partial charge on any atom is 0.407 e. The van der Waals surface area contributed by atoms with Gasteiger partial charge in [-0.1, -0.05) is 48.5 Å². The Labute approximate surface area is 191 Å². The highest BCUT2D eigenvalue weighted by Crippen LogP contribution is 2.44. The molecule has 2 amide bonds. The minimum absolute atomic E-state index is 0.0585. The van der Waals surface area contributed by atoms with Crippen LogP contribution in [0.1, 0.15) is 36.3 Å². The average molecular weight is 450 g/mol. The molecule has 1 saturated heterocycles. The van der Waals surface area contributed by atoms with Gasteiger partial charge in [0, 0.05) is 19.6 Å². The van der Waals surface area contributed by atoms with Crippen molar-refractivity contribution in [3.63, 3.8) is 0 Å². The van der Waals surface area contributed by atoms with Gasteiger partial charge in [0.1, 0.15) is 12.1 Å². The van der Waals surface area contributed by atoms with Gasteiger partial charge in [-0.3, -0.25) is 4.79 Å². The van der Waals surface area contributed by atoms with Crippen LogP contribution in [0.15, 0.2) is 48.5 Å². The van der Waals surface area contributed by atoms with E-state index in [2.05, 4.69) is 17.4 Å². The molecule has 1 saturated carbocycles. The maximum atomic E-state index is 12.9. The zero-order valence-electron chi connectivity index (χ0n) is 18.3. The SMILES string of the molecule is CN(C(=O)[C@H]1OCC[C@H]1NC(=O)OCC1c2ccccc2-c2ccccc21)C1(C(=O)O)CC1. The number of hydrogen-bond acceptors (Lipinski definition) is 5. The Balaban J connectivity index is 1.23. The molecule has 172 valence electrons. The van der Waals surface area contributed by atoms with Gasteiger partial charge in [-0.25, -0.2) is 9.59 Å². The fraction of sp³-hybridized carbons (Fsp3) is 0.400. The number of benzene rings is 2. The molecule has 2 N–H and O–H groups in total. The van der Waals surface area contributed by atoms with Crippen molar-refractivity contribution < 1.29 is 29.0 Å². The van der Waals surface area contributed by atoms with Crippen LogP contribution in [0.25, 0.3) is 11.1 Å². The molecule has 1 heterocycles. The molecule has 1 aliphatic heterocycles. The number of carbonyl (C=O) groups excluding carboxylic acids is 2. The predicted molar refractivity (Wildman–Crippen MR) is 119 cm³/mol. The number of aliphatic carboxylic acids is 1. The third-order valence-corrected chi connectivity index (χ3v) is 7.08. The fourth-order valence-corrected chi connectivity index (χ4v) is 4.99. The topological polar surface area (TPSA) is 105 Å². The summed E-state index contributed by atoms with van der Waals surface area (Å²) in [6, 6.07) is 15.6. The number of fused-ring (bicyclic) bond motifs is 3. The summed E-state index contributed by atoms with van der Waals surface area (Å²) in [6.45, 7) is 0.479. The van der Waals surface area contributed by atoms with Gasteiger partial charge >= 0.3 is 12.1 Å². The van der Waals surface area contributed by atoms with Crippen LogP contribution in [0.2, 0.25) is 0 Å². The minimum atomic E-state index is -1.16.